The van der Waals surface area contributed by atoms with Gasteiger partial charge in [-0.15, -0.1) is 0 Å². The monoisotopic (exact) mass is 450 g/mol. The SMILES string of the molecule is CC(=O)c1cccc(NC(=O)COC(=O)[C@@H](NS(=O)(=O)c2ccccc2F)C(C)C)c1. The molecule has 2 rings (SSSR count). The van der Waals surface area contributed by atoms with Gasteiger partial charge in [0, 0.05) is 11.3 Å². The summed E-state index contributed by atoms with van der Waals surface area (Å²) in [6, 6.07) is 9.63. The van der Waals surface area contributed by atoms with Crippen LogP contribution in [0.4, 0.5) is 10.1 Å². The number of halogens is 1. The van der Waals surface area contributed by atoms with E-state index < -0.39 is 51.2 Å². The second kappa shape index (κ2) is 10.3. The van der Waals surface area contributed by atoms with Crippen molar-refractivity contribution in [1.82, 2.24) is 4.72 Å². The molecular formula is C21H23FN2O6S. The summed E-state index contributed by atoms with van der Waals surface area (Å²) in [6.45, 7) is 3.86. The standard InChI is InChI=1S/C21H23FN2O6S/c1-13(2)20(24-31(28,29)18-10-5-4-9-17(18)22)21(27)30-12-19(26)23-16-8-6-7-15(11-16)14(3)25/h4-11,13,20,24H,12H2,1-3H3,(H,23,26)/t20-/m0/s1. The summed E-state index contributed by atoms with van der Waals surface area (Å²) in [6.07, 6.45) is 0. The van der Waals surface area contributed by atoms with Gasteiger partial charge >= 0.3 is 5.97 Å². The van der Waals surface area contributed by atoms with Gasteiger partial charge in [0.05, 0.1) is 0 Å². The first-order valence-electron chi connectivity index (χ1n) is 9.35. The Morgan fingerprint density at radius 3 is 2.35 bits per heavy atom. The molecule has 0 saturated heterocycles. The number of carbonyl (C=O) groups excluding carboxylic acids is 3. The molecule has 0 aliphatic carbocycles. The molecule has 0 spiro atoms. The first-order valence-corrected chi connectivity index (χ1v) is 10.8. The van der Waals surface area contributed by atoms with E-state index in [1.54, 1.807) is 32.0 Å². The third-order valence-electron chi connectivity index (χ3n) is 4.23. The molecular weight excluding hydrogens is 427 g/mol. The van der Waals surface area contributed by atoms with Crippen molar-refractivity contribution in [3.63, 3.8) is 0 Å². The van der Waals surface area contributed by atoms with Crippen LogP contribution in [0.5, 0.6) is 0 Å². The van der Waals surface area contributed by atoms with E-state index in [2.05, 4.69) is 10.0 Å². The molecule has 2 N–H and O–H groups in total. The lowest BCUT2D eigenvalue weighted by atomic mass is 10.1. The van der Waals surface area contributed by atoms with Gasteiger partial charge in [-0.3, -0.25) is 14.4 Å². The fraction of sp³-hybridized carbons (Fsp3) is 0.286. The maximum Gasteiger partial charge on any atom is 0.324 e. The van der Waals surface area contributed by atoms with E-state index in [0.717, 1.165) is 12.1 Å². The molecule has 1 atom stereocenters. The molecule has 8 nitrogen and oxygen atoms in total. The van der Waals surface area contributed by atoms with Gasteiger partial charge in [0.1, 0.15) is 16.8 Å². The van der Waals surface area contributed by atoms with E-state index in [-0.39, 0.29) is 5.78 Å². The van der Waals surface area contributed by atoms with Crippen molar-refractivity contribution in [2.24, 2.45) is 5.92 Å². The van der Waals surface area contributed by atoms with Crippen LogP contribution in [0.15, 0.2) is 53.4 Å². The molecule has 0 heterocycles. The van der Waals surface area contributed by atoms with Crippen molar-refractivity contribution in [2.75, 3.05) is 11.9 Å². The number of benzene rings is 2. The van der Waals surface area contributed by atoms with Crippen molar-refractivity contribution < 1.29 is 31.9 Å². The van der Waals surface area contributed by atoms with Gasteiger partial charge in [0.2, 0.25) is 10.0 Å². The number of amides is 1. The van der Waals surface area contributed by atoms with Gasteiger partial charge in [0.15, 0.2) is 12.4 Å². The van der Waals surface area contributed by atoms with Gasteiger partial charge in [-0.05, 0) is 37.1 Å². The van der Waals surface area contributed by atoms with Crippen molar-refractivity contribution in [1.29, 1.82) is 0 Å². The molecule has 0 unspecified atom stereocenters. The quantitative estimate of drug-likeness (QED) is 0.448. The maximum absolute atomic E-state index is 13.9. The number of nitrogens with one attached hydrogen (secondary N) is 2. The van der Waals surface area contributed by atoms with Crippen LogP contribution in [0.25, 0.3) is 0 Å². The molecule has 0 aromatic heterocycles. The van der Waals surface area contributed by atoms with Crippen LogP contribution in [0.3, 0.4) is 0 Å². The van der Waals surface area contributed by atoms with Gasteiger partial charge < -0.3 is 10.1 Å². The summed E-state index contributed by atoms with van der Waals surface area (Å²) in [5.41, 5.74) is 0.742. The highest BCUT2D eigenvalue weighted by molar-refractivity contribution is 7.89. The molecule has 166 valence electrons. The predicted molar refractivity (Wildman–Crippen MR) is 111 cm³/mol. The molecule has 2 aromatic carbocycles. The average Bonchev–Trinajstić information content (AvgIpc) is 2.70. The molecule has 31 heavy (non-hydrogen) atoms. The van der Waals surface area contributed by atoms with Crippen molar-refractivity contribution >= 4 is 33.4 Å². The summed E-state index contributed by atoms with van der Waals surface area (Å²) in [7, 11) is -4.34. The fourth-order valence-corrected chi connectivity index (χ4v) is 4.00. The Bertz CT molecular complexity index is 1080. The minimum absolute atomic E-state index is 0.176. The number of carbonyl (C=O) groups is 3. The molecule has 0 fully saturated rings. The third kappa shape index (κ3) is 6.69. The maximum atomic E-state index is 13.9. The fourth-order valence-electron chi connectivity index (χ4n) is 2.59. The van der Waals surface area contributed by atoms with Gasteiger partial charge in [-0.1, -0.05) is 38.1 Å². The molecule has 10 heteroatoms. The topological polar surface area (TPSA) is 119 Å². The Balaban J connectivity index is 2.03. The molecule has 0 aliphatic rings. The molecule has 0 bridgehead atoms. The number of sulfonamides is 1. The Labute approximate surface area is 179 Å². The number of rotatable bonds is 9. The third-order valence-corrected chi connectivity index (χ3v) is 5.70. The smallest absolute Gasteiger partial charge is 0.324 e. The Kier molecular flexibility index (Phi) is 8.01. The summed E-state index contributed by atoms with van der Waals surface area (Å²) < 4.78 is 45.9. The van der Waals surface area contributed by atoms with Gasteiger partial charge in [-0.25, -0.2) is 12.8 Å². The van der Waals surface area contributed by atoms with E-state index in [1.165, 1.54) is 25.1 Å². The van der Waals surface area contributed by atoms with Crippen LogP contribution in [0.1, 0.15) is 31.1 Å². The van der Waals surface area contributed by atoms with E-state index in [0.29, 0.717) is 11.3 Å². The molecule has 0 radical (unpaired) electrons. The summed E-state index contributed by atoms with van der Waals surface area (Å²) in [4.78, 5) is 35.3. The second-order valence-electron chi connectivity index (χ2n) is 7.07. The minimum atomic E-state index is -4.34. The molecule has 0 aliphatic heterocycles. The van der Waals surface area contributed by atoms with Crippen LogP contribution in [0.2, 0.25) is 0 Å². The Hall–Kier alpha value is -3.11. The number of Topliss-reactive ketones (excluding diaryl/α,β-unsaturated/α-hetero) is 1. The normalized spacial score (nSPS) is 12.3. The first kappa shape index (κ1) is 24.2. The molecule has 1 amide bonds. The van der Waals surface area contributed by atoms with Crippen LogP contribution in [0, 0.1) is 11.7 Å². The zero-order chi connectivity index (χ0) is 23.2. The highest BCUT2D eigenvalue weighted by Gasteiger charge is 2.31. The first-order chi connectivity index (χ1) is 14.5. The highest BCUT2D eigenvalue weighted by Crippen LogP contribution is 2.16. The predicted octanol–water partition coefficient (Wildman–Crippen LogP) is 2.51. The number of ketones is 1. The highest BCUT2D eigenvalue weighted by atomic mass is 32.2. The van der Waals surface area contributed by atoms with Gasteiger partial charge in [0.25, 0.3) is 5.91 Å². The minimum Gasteiger partial charge on any atom is -0.454 e. The number of hydrogen-bond donors (Lipinski definition) is 2. The number of hydrogen-bond acceptors (Lipinski definition) is 6. The Morgan fingerprint density at radius 2 is 1.74 bits per heavy atom. The van der Waals surface area contributed by atoms with Crippen molar-refractivity contribution in [3.8, 4) is 0 Å². The van der Waals surface area contributed by atoms with E-state index >= 15 is 0 Å². The molecule has 2 aromatic rings. The van der Waals surface area contributed by atoms with E-state index in [9.17, 15) is 27.2 Å². The average molecular weight is 450 g/mol. The van der Waals surface area contributed by atoms with Crippen LogP contribution in [-0.2, 0) is 24.3 Å². The number of esters is 1. The van der Waals surface area contributed by atoms with Crippen molar-refractivity contribution in [2.45, 2.75) is 31.7 Å². The van der Waals surface area contributed by atoms with E-state index in [4.69, 9.17) is 4.74 Å². The zero-order valence-corrected chi connectivity index (χ0v) is 18.0. The molecule has 0 saturated carbocycles. The lowest BCUT2D eigenvalue weighted by molar-refractivity contribution is -0.150. The Morgan fingerprint density at radius 1 is 1.06 bits per heavy atom. The van der Waals surface area contributed by atoms with Crippen LogP contribution in [-0.4, -0.2) is 38.7 Å². The zero-order valence-electron chi connectivity index (χ0n) is 17.2. The number of anilines is 1. The van der Waals surface area contributed by atoms with Crippen molar-refractivity contribution in [3.05, 3.63) is 59.9 Å². The van der Waals surface area contributed by atoms with E-state index in [1.807, 2.05) is 0 Å². The number of ether oxygens (including phenoxy) is 1. The lowest BCUT2D eigenvalue weighted by Gasteiger charge is -2.21. The van der Waals surface area contributed by atoms with Crippen LogP contribution >= 0.6 is 0 Å². The summed E-state index contributed by atoms with van der Waals surface area (Å²) in [5, 5.41) is 2.49. The van der Waals surface area contributed by atoms with Crippen LogP contribution < -0.4 is 10.0 Å². The summed E-state index contributed by atoms with van der Waals surface area (Å²) in [5.74, 6) is -3.33. The second-order valence-corrected chi connectivity index (χ2v) is 8.75. The lowest BCUT2D eigenvalue weighted by Crippen LogP contribution is -2.46. The largest absolute Gasteiger partial charge is 0.454 e. The van der Waals surface area contributed by atoms with Gasteiger partial charge in [-0.2, -0.15) is 4.72 Å². The summed E-state index contributed by atoms with van der Waals surface area (Å²) >= 11 is 0.